The summed E-state index contributed by atoms with van der Waals surface area (Å²) in [7, 11) is 0. The van der Waals surface area contributed by atoms with Gasteiger partial charge < -0.3 is 20.3 Å². The highest BCUT2D eigenvalue weighted by atomic mass is 35.5. The highest BCUT2D eigenvalue weighted by Crippen LogP contribution is 2.32. The van der Waals surface area contributed by atoms with Crippen LogP contribution in [0.4, 0.5) is 30.6 Å². The molecule has 0 radical (unpaired) electrons. The Morgan fingerprint density at radius 3 is 2.61 bits per heavy atom. The van der Waals surface area contributed by atoms with Crippen molar-refractivity contribution in [1.29, 1.82) is 0 Å². The number of benzene rings is 1. The molecule has 1 saturated heterocycles. The molecule has 2 aromatic rings. The second-order valence-corrected chi connectivity index (χ2v) is 7.42. The molecule has 7 nitrogen and oxygen atoms in total. The van der Waals surface area contributed by atoms with E-state index in [1.807, 2.05) is 6.20 Å². The molecule has 0 bridgehead atoms. The van der Waals surface area contributed by atoms with E-state index in [9.17, 15) is 13.2 Å². The largest absolute Gasteiger partial charge is 0.416 e. The first-order valence-electron chi connectivity index (χ1n) is 9.71. The van der Waals surface area contributed by atoms with Gasteiger partial charge in [0.05, 0.1) is 25.0 Å². The third-order valence-electron chi connectivity index (χ3n) is 4.86. The van der Waals surface area contributed by atoms with Crippen LogP contribution in [0.25, 0.3) is 0 Å². The van der Waals surface area contributed by atoms with Crippen LogP contribution in [0, 0.1) is 0 Å². The first-order valence-corrected chi connectivity index (χ1v) is 10.1. The predicted molar refractivity (Wildman–Crippen MR) is 113 cm³/mol. The Hall–Kier alpha value is -2.85. The monoisotopic (exact) mass is 452 g/mol. The van der Waals surface area contributed by atoms with Crippen LogP contribution < -0.4 is 10.6 Å². The molecule has 31 heavy (non-hydrogen) atoms. The number of amidine groups is 1. The van der Waals surface area contributed by atoms with Crippen LogP contribution in [0.1, 0.15) is 18.4 Å². The molecule has 11 heteroatoms. The molecule has 0 saturated carbocycles. The van der Waals surface area contributed by atoms with Crippen LogP contribution in [-0.2, 0) is 10.9 Å². The van der Waals surface area contributed by atoms with Crippen LogP contribution in [0.2, 0.25) is 5.02 Å². The summed E-state index contributed by atoms with van der Waals surface area (Å²) in [5.41, 5.74) is 0.618. The topological polar surface area (TPSA) is 74.7 Å². The van der Waals surface area contributed by atoms with Crippen molar-refractivity contribution in [3.8, 4) is 0 Å². The Kier molecular flexibility index (Phi) is 6.28. The van der Waals surface area contributed by atoms with Crippen molar-refractivity contribution in [3.05, 3.63) is 52.9 Å². The first-order chi connectivity index (χ1) is 14.9. The lowest BCUT2D eigenvalue weighted by molar-refractivity contribution is -0.137. The molecular weight excluding hydrogens is 433 g/mol. The SMILES string of the molecule is FC(F)(F)c1cccc(Nc2nc(NC3=NC=C(N4CCOCC4)CC3)ncc2Cl)c1. The zero-order chi connectivity index (χ0) is 21.8. The molecule has 1 aromatic carbocycles. The summed E-state index contributed by atoms with van der Waals surface area (Å²) in [6.45, 7) is 3.14. The molecule has 0 unspecified atom stereocenters. The van der Waals surface area contributed by atoms with E-state index < -0.39 is 11.7 Å². The number of morpholine rings is 1. The van der Waals surface area contributed by atoms with Crippen LogP contribution in [-0.4, -0.2) is 47.0 Å². The number of nitrogens with zero attached hydrogens (tertiary/aromatic N) is 4. The second kappa shape index (κ2) is 9.11. The van der Waals surface area contributed by atoms with Crippen molar-refractivity contribution in [2.45, 2.75) is 19.0 Å². The highest BCUT2D eigenvalue weighted by molar-refractivity contribution is 6.32. The van der Waals surface area contributed by atoms with Crippen molar-refractivity contribution in [1.82, 2.24) is 14.9 Å². The molecule has 2 aliphatic rings. The molecule has 2 aliphatic heterocycles. The maximum atomic E-state index is 12.9. The number of halogens is 4. The summed E-state index contributed by atoms with van der Waals surface area (Å²) in [6.07, 6.45) is 0.285. The van der Waals surface area contributed by atoms with Crippen LogP contribution in [0.5, 0.6) is 0 Å². The molecule has 0 amide bonds. The van der Waals surface area contributed by atoms with Crippen molar-refractivity contribution in [2.75, 3.05) is 36.9 Å². The number of hydrogen-bond acceptors (Lipinski definition) is 7. The van der Waals surface area contributed by atoms with Gasteiger partial charge in [-0.25, -0.2) is 9.98 Å². The number of aromatic nitrogens is 2. The summed E-state index contributed by atoms with van der Waals surface area (Å²) < 4.78 is 44.2. The summed E-state index contributed by atoms with van der Waals surface area (Å²) in [4.78, 5) is 15.1. The molecule has 0 aliphatic carbocycles. The van der Waals surface area contributed by atoms with Gasteiger partial charge >= 0.3 is 6.18 Å². The van der Waals surface area contributed by atoms with Crippen molar-refractivity contribution < 1.29 is 17.9 Å². The van der Waals surface area contributed by atoms with Crippen LogP contribution in [0.15, 0.2) is 47.4 Å². The molecule has 2 N–H and O–H groups in total. The minimum absolute atomic E-state index is 0.183. The number of hydrogen-bond donors (Lipinski definition) is 2. The van der Waals surface area contributed by atoms with E-state index in [1.54, 1.807) is 0 Å². The second-order valence-electron chi connectivity index (χ2n) is 7.01. The molecule has 4 rings (SSSR count). The van der Waals surface area contributed by atoms with E-state index in [0.717, 1.165) is 37.3 Å². The minimum atomic E-state index is -4.44. The van der Waals surface area contributed by atoms with E-state index in [4.69, 9.17) is 16.3 Å². The third-order valence-corrected chi connectivity index (χ3v) is 5.13. The number of rotatable bonds is 4. The molecule has 3 heterocycles. The first kappa shape index (κ1) is 21.4. The molecular formula is C20H20ClF3N6O. The lowest BCUT2D eigenvalue weighted by atomic mass is 10.1. The maximum Gasteiger partial charge on any atom is 0.416 e. The van der Waals surface area contributed by atoms with Gasteiger partial charge in [-0.15, -0.1) is 0 Å². The fraction of sp³-hybridized carbons (Fsp3) is 0.350. The summed E-state index contributed by atoms with van der Waals surface area (Å²) in [6, 6.07) is 4.81. The standard InChI is InChI=1S/C20H20ClF3N6O/c21-16-12-26-19(28-17-5-4-15(11-25-17)30-6-8-31-9-7-30)29-18(16)27-14-3-1-2-13(10-14)20(22,23)24/h1-3,10-12H,4-9H2,(H2,25,26,27,28,29). The lowest BCUT2D eigenvalue weighted by Gasteiger charge is -2.31. The van der Waals surface area contributed by atoms with Gasteiger partial charge in [-0.1, -0.05) is 17.7 Å². The number of anilines is 3. The van der Waals surface area contributed by atoms with Gasteiger partial charge in [-0.05, 0) is 24.6 Å². The smallest absolute Gasteiger partial charge is 0.378 e. The third kappa shape index (κ3) is 5.45. The molecule has 0 spiro atoms. The Balaban J connectivity index is 1.46. The van der Waals surface area contributed by atoms with Gasteiger partial charge in [0, 0.05) is 37.1 Å². The van der Waals surface area contributed by atoms with E-state index >= 15 is 0 Å². The molecule has 164 valence electrons. The average Bonchev–Trinajstić information content (AvgIpc) is 2.77. The lowest BCUT2D eigenvalue weighted by Crippen LogP contribution is -2.36. The number of allylic oxidation sites excluding steroid dienone is 1. The zero-order valence-electron chi connectivity index (χ0n) is 16.4. The van der Waals surface area contributed by atoms with E-state index in [-0.39, 0.29) is 22.5 Å². The Labute approximate surface area is 182 Å². The van der Waals surface area contributed by atoms with E-state index in [0.29, 0.717) is 25.5 Å². The van der Waals surface area contributed by atoms with Crippen molar-refractivity contribution in [2.24, 2.45) is 4.99 Å². The predicted octanol–water partition coefficient (Wildman–Crippen LogP) is 4.67. The fourth-order valence-electron chi connectivity index (χ4n) is 3.27. The Morgan fingerprint density at radius 1 is 1.10 bits per heavy atom. The normalized spacial score (nSPS) is 17.1. The van der Waals surface area contributed by atoms with Crippen LogP contribution in [0.3, 0.4) is 0 Å². The molecule has 0 atom stereocenters. The Bertz CT molecular complexity index is 1000. The quantitative estimate of drug-likeness (QED) is 0.702. The van der Waals surface area contributed by atoms with E-state index in [2.05, 4.69) is 30.5 Å². The number of nitrogens with one attached hydrogen (secondary N) is 2. The Morgan fingerprint density at radius 2 is 1.90 bits per heavy atom. The van der Waals surface area contributed by atoms with Crippen LogP contribution >= 0.6 is 11.6 Å². The van der Waals surface area contributed by atoms with Gasteiger partial charge in [0.15, 0.2) is 5.82 Å². The summed E-state index contributed by atoms with van der Waals surface area (Å²) >= 11 is 6.13. The summed E-state index contributed by atoms with van der Waals surface area (Å²) in [5, 5.41) is 6.06. The summed E-state index contributed by atoms with van der Waals surface area (Å²) in [5.74, 6) is 1.14. The van der Waals surface area contributed by atoms with Crippen molar-refractivity contribution in [3.63, 3.8) is 0 Å². The van der Waals surface area contributed by atoms with Gasteiger partial charge in [-0.3, -0.25) is 0 Å². The minimum Gasteiger partial charge on any atom is -0.378 e. The van der Waals surface area contributed by atoms with Crippen molar-refractivity contribution >= 4 is 34.9 Å². The highest BCUT2D eigenvalue weighted by Gasteiger charge is 2.30. The fourth-order valence-corrected chi connectivity index (χ4v) is 3.41. The molecule has 1 aromatic heterocycles. The van der Waals surface area contributed by atoms with Gasteiger partial charge in [0.1, 0.15) is 10.9 Å². The number of aliphatic imine (C=N–C) groups is 1. The van der Waals surface area contributed by atoms with E-state index in [1.165, 1.54) is 18.3 Å². The van der Waals surface area contributed by atoms with Gasteiger partial charge in [0.25, 0.3) is 0 Å². The zero-order valence-corrected chi connectivity index (χ0v) is 17.2. The number of alkyl halides is 3. The van der Waals surface area contributed by atoms with Gasteiger partial charge in [0.2, 0.25) is 5.95 Å². The molecule has 1 fully saturated rings. The maximum absolute atomic E-state index is 12.9. The average molecular weight is 453 g/mol. The number of ether oxygens (including phenoxy) is 1. The van der Waals surface area contributed by atoms with Gasteiger partial charge in [-0.2, -0.15) is 18.2 Å².